The second-order valence-electron chi connectivity index (χ2n) is 7.90. The maximum absolute atomic E-state index is 12.9. The Morgan fingerprint density at radius 3 is 2.77 bits per heavy atom. The van der Waals surface area contributed by atoms with Crippen molar-refractivity contribution >= 4 is 23.2 Å². The van der Waals surface area contributed by atoms with Gasteiger partial charge in [0.25, 0.3) is 11.8 Å². The quantitative estimate of drug-likeness (QED) is 0.710. The molecule has 0 N–H and O–H groups in total. The van der Waals surface area contributed by atoms with Crippen molar-refractivity contribution in [2.24, 2.45) is 0 Å². The van der Waals surface area contributed by atoms with Crippen molar-refractivity contribution in [3.05, 3.63) is 52.2 Å². The number of benzene rings is 1. The molecule has 2 aromatic rings. The summed E-state index contributed by atoms with van der Waals surface area (Å²) in [5, 5.41) is 1.93. The number of morpholine rings is 1. The van der Waals surface area contributed by atoms with E-state index in [1.54, 1.807) is 13.2 Å². The van der Waals surface area contributed by atoms with E-state index in [4.69, 9.17) is 9.47 Å². The molecule has 0 spiro atoms. The summed E-state index contributed by atoms with van der Waals surface area (Å²) in [6.07, 6.45) is 0.915. The molecule has 1 atom stereocenters. The summed E-state index contributed by atoms with van der Waals surface area (Å²) >= 11 is 1.48. The largest absolute Gasteiger partial charge is 0.497 e. The zero-order valence-electron chi connectivity index (χ0n) is 17.9. The number of hydrogen-bond donors (Lipinski definition) is 0. The van der Waals surface area contributed by atoms with Crippen LogP contribution < -0.4 is 4.74 Å². The fraction of sp³-hybridized carbons (Fsp3) is 0.478. The Labute approximate surface area is 187 Å². The minimum atomic E-state index is -0.00158. The molecule has 31 heavy (non-hydrogen) atoms. The van der Waals surface area contributed by atoms with Gasteiger partial charge in [0.2, 0.25) is 0 Å². The SMILES string of the molecule is COc1cccc(C(=O)N2CCCN(CC3CN(C(=O)c4cccs4)CCO3)CC2)c1. The molecular formula is C23H29N3O4S. The first-order valence-electron chi connectivity index (χ1n) is 10.7. The van der Waals surface area contributed by atoms with Crippen molar-refractivity contribution in [1.82, 2.24) is 14.7 Å². The highest BCUT2D eigenvalue weighted by Crippen LogP contribution is 2.18. The molecule has 8 heteroatoms. The van der Waals surface area contributed by atoms with E-state index >= 15 is 0 Å². The molecule has 2 saturated heterocycles. The van der Waals surface area contributed by atoms with Gasteiger partial charge in [0.05, 0.1) is 24.7 Å². The van der Waals surface area contributed by atoms with Gasteiger partial charge in [0.1, 0.15) is 5.75 Å². The minimum Gasteiger partial charge on any atom is -0.497 e. The van der Waals surface area contributed by atoms with E-state index in [1.807, 2.05) is 45.5 Å². The molecule has 1 aromatic heterocycles. The van der Waals surface area contributed by atoms with Gasteiger partial charge in [-0.1, -0.05) is 12.1 Å². The van der Waals surface area contributed by atoms with Gasteiger partial charge in [-0.2, -0.15) is 0 Å². The average Bonchev–Trinajstić information content (AvgIpc) is 3.25. The van der Waals surface area contributed by atoms with Gasteiger partial charge in [-0.25, -0.2) is 0 Å². The molecule has 2 aliphatic heterocycles. The first kappa shape index (κ1) is 21.8. The van der Waals surface area contributed by atoms with Crippen LogP contribution in [-0.4, -0.2) is 92.1 Å². The van der Waals surface area contributed by atoms with E-state index in [1.165, 1.54) is 11.3 Å². The van der Waals surface area contributed by atoms with E-state index in [0.717, 1.165) is 37.5 Å². The van der Waals surface area contributed by atoms with Crippen LogP contribution >= 0.6 is 11.3 Å². The molecule has 3 heterocycles. The van der Waals surface area contributed by atoms with Gasteiger partial charge in [0.15, 0.2) is 0 Å². The lowest BCUT2D eigenvalue weighted by Crippen LogP contribution is -2.50. The monoisotopic (exact) mass is 443 g/mol. The molecule has 2 amide bonds. The molecule has 1 aromatic carbocycles. The number of amides is 2. The van der Waals surface area contributed by atoms with Crippen molar-refractivity contribution in [1.29, 1.82) is 0 Å². The van der Waals surface area contributed by atoms with Gasteiger partial charge >= 0.3 is 0 Å². The average molecular weight is 444 g/mol. The Morgan fingerprint density at radius 2 is 1.97 bits per heavy atom. The zero-order chi connectivity index (χ0) is 21.6. The van der Waals surface area contributed by atoms with Crippen LogP contribution in [0.5, 0.6) is 5.75 Å². The molecule has 0 saturated carbocycles. The predicted octanol–water partition coefficient (Wildman–Crippen LogP) is 2.45. The molecule has 1 unspecified atom stereocenters. The van der Waals surface area contributed by atoms with Gasteiger partial charge in [-0.15, -0.1) is 11.3 Å². The highest BCUT2D eigenvalue weighted by Gasteiger charge is 2.28. The van der Waals surface area contributed by atoms with E-state index in [2.05, 4.69) is 4.90 Å². The van der Waals surface area contributed by atoms with Crippen LogP contribution in [0.4, 0.5) is 0 Å². The van der Waals surface area contributed by atoms with Crippen molar-refractivity contribution in [2.45, 2.75) is 12.5 Å². The summed E-state index contributed by atoms with van der Waals surface area (Å²) in [4.78, 5) is 32.5. The van der Waals surface area contributed by atoms with Crippen LogP contribution in [0, 0.1) is 0 Å². The predicted molar refractivity (Wildman–Crippen MR) is 120 cm³/mol. The third-order valence-electron chi connectivity index (χ3n) is 5.81. The van der Waals surface area contributed by atoms with Gasteiger partial charge in [-0.3, -0.25) is 14.5 Å². The summed E-state index contributed by atoms with van der Waals surface area (Å²) in [5.74, 6) is 0.829. The minimum absolute atomic E-state index is 0.00158. The lowest BCUT2D eigenvalue weighted by Gasteiger charge is -2.35. The molecule has 4 rings (SSSR count). The van der Waals surface area contributed by atoms with Crippen LogP contribution in [0.3, 0.4) is 0 Å². The summed E-state index contributed by atoms with van der Waals surface area (Å²) in [5.41, 5.74) is 0.658. The number of nitrogens with zero attached hydrogens (tertiary/aromatic N) is 3. The number of hydrogen-bond acceptors (Lipinski definition) is 6. The molecular weight excluding hydrogens is 414 g/mol. The van der Waals surface area contributed by atoms with E-state index < -0.39 is 0 Å². The zero-order valence-corrected chi connectivity index (χ0v) is 18.7. The Morgan fingerprint density at radius 1 is 1.06 bits per heavy atom. The van der Waals surface area contributed by atoms with Gasteiger partial charge < -0.3 is 19.3 Å². The highest BCUT2D eigenvalue weighted by molar-refractivity contribution is 7.12. The van der Waals surface area contributed by atoms with Crippen molar-refractivity contribution < 1.29 is 19.1 Å². The van der Waals surface area contributed by atoms with E-state index in [9.17, 15) is 9.59 Å². The first-order chi connectivity index (χ1) is 15.1. The van der Waals surface area contributed by atoms with E-state index in [0.29, 0.717) is 37.6 Å². The van der Waals surface area contributed by atoms with Gasteiger partial charge in [-0.05, 0) is 42.6 Å². The number of thiophene rings is 1. The van der Waals surface area contributed by atoms with E-state index in [-0.39, 0.29) is 17.9 Å². The highest BCUT2D eigenvalue weighted by atomic mass is 32.1. The maximum atomic E-state index is 12.9. The van der Waals surface area contributed by atoms with Crippen LogP contribution in [0.25, 0.3) is 0 Å². The molecule has 0 radical (unpaired) electrons. The van der Waals surface area contributed by atoms with Crippen molar-refractivity contribution in [3.8, 4) is 5.75 Å². The maximum Gasteiger partial charge on any atom is 0.264 e. The molecule has 7 nitrogen and oxygen atoms in total. The third-order valence-corrected chi connectivity index (χ3v) is 6.67. The second kappa shape index (κ2) is 10.3. The van der Waals surface area contributed by atoms with Crippen molar-refractivity contribution in [3.63, 3.8) is 0 Å². The van der Waals surface area contributed by atoms with Gasteiger partial charge in [0, 0.05) is 44.8 Å². The summed E-state index contributed by atoms with van der Waals surface area (Å²) in [6.45, 7) is 5.72. The Bertz CT molecular complexity index is 889. The number of carbonyl (C=O) groups is 2. The Kier molecular flexibility index (Phi) is 7.21. The Hall–Kier alpha value is -2.42. The fourth-order valence-electron chi connectivity index (χ4n) is 4.15. The number of rotatable bonds is 5. The second-order valence-corrected chi connectivity index (χ2v) is 8.85. The molecule has 2 fully saturated rings. The third kappa shape index (κ3) is 5.44. The van der Waals surface area contributed by atoms with Crippen LogP contribution in [-0.2, 0) is 4.74 Å². The van der Waals surface area contributed by atoms with Crippen molar-refractivity contribution in [2.75, 3.05) is 59.5 Å². The topological polar surface area (TPSA) is 62.3 Å². The lowest BCUT2D eigenvalue weighted by atomic mass is 10.2. The lowest BCUT2D eigenvalue weighted by molar-refractivity contribution is -0.0351. The Balaban J connectivity index is 1.30. The fourth-order valence-corrected chi connectivity index (χ4v) is 4.84. The van der Waals surface area contributed by atoms with Crippen LogP contribution in [0.2, 0.25) is 0 Å². The number of ether oxygens (including phenoxy) is 2. The molecule has 2 aliphatic rings. The molecule has 166 valence electrons. The summed E-state index contributed by atoms with van der Waals surface area (Å²) in [7, 11) is 1.61. The number of carbonyl (C=O) groups excluding carboxylic acids is 2. The van der Waals surface area contributed by atoms with Crippen LogP contribution in [0.15, 0.2) is 41.8 Å². The first-order valence-corrected chi connectivity index (χ1v) is 11.6. The van der Waals surface area contributed by atoms with Crippen LogP contribution in [0.1, 0.15) is 26.5 Å². The molecule has 0 aliphatic carbocycles. The normalized spacial score (nSPS) is 20.4. The number of methoxy groups -OCH3 is 1. The summed E-state index contributed by atoms with van der Waals surface area (Å²) in [6, 6.07) is 11.1. The molecule has 0 bridgehead atoms. The smallest absolute Gasteiger partial charge is 0.264 e. The summed E-state index contributed by atoms with van der Waals surface area (Å²) < 4.78 is 11.2. The standard InChI is InChI=1S/C23H29N3O4S/c1-29-19-6-2-5-18(15-19)22(27)25-9-4-8-24(10-11-25)16-20-17-26(12-13-30-20)23(28)21-7-3-14-31-21/h2-3,5-7,14-15,20H,4,8-13,16-17H2,1H3.